The molecule has 0 N–H and O–H groups in total. The Morgan fingerprint density at radius 3 is 2.07 bits per heavy atom. The van der Waals surface area contributed by atoms with Crippen molar-refractivity contribution in [3.63, 3.8) is 0 Å². The predicted molar refractivity (Wildman–Crippen MR) is 101 cm³/mol. The summed E-state index contributed by atoms with van der Waals surface area (Å²) in [5.74, 6) is -0.991. The van der Waals surface area contributed by atoms with Gasteiger partial charge in [-0.15, -0.1) is 0 Å². The predicted octanol–water partition coefficient (Wildman–Crippen LogP) is 3.37. The summed E-state index contributed by atoms with van der Waals surface area (Å²) in [6, 6.07) is 16.0. The summed E-state index contributed by atoms with van der Waals surface area (Å²) in [4.78, 5) is 24.6. The molecule has 0 amide bonds. The Hall–Kier alpha value is -3.17. The summed E-state index contributed by atoms with van der Waals surface area (Å²) >= 11 is 0. The van der Waals surface area contributed by atoms with Crippen LogP contribution < -0.4 is 0 Å². The maximum absolute atomic E-state index is 12.4. The van der Waals surface area contributed by atoms with Crippen molar-refractivity contribution in [3.05, 3.63) is 70.8 Å². The first-order chi connectivity index (χ1) is 13.5. The molecule has 0 aromatic heterocycles. The zero-order valence-corrected chi connectivity index (χ0v) is 15.8. The van der Waals surface area contributed by atoms with Crippen LogP contribution in [-0.4, -0.2) is 36.9 Å². The number of carbonyl (C=O) groups excluding carboxylic acids is 2. The number of nitrogens with zero attached hydrogens (tertiary/aromatic N) is 1. The molecular formula is C22H21NO5. The van der Waals surface area contributed by atoms with Crippen LogP contribution in [0.15, 0.2) is 48.5 Å². The lowest BCUT2D eigenvalue weighted by Gasteiger charge is -2.19. The van der Waals surface area contributed by atoms with E-state index in [1.165, 1.54) is 0 Å². The fraction of sp³-hybridized carbons (Fsp3) is 0.318. The normalized spacial score (nSPS) is 21.0. The summed E-state index contributed by atoms with van der Waals surface area (Å²) in [6.07, 6.45) is -1.82. The molecular weight excluding hydrogens is 358 g/mol. The summed E-state index contributed by atoms with van der Waals surface area (Å²) in [6.45, 7) is 3.75. The number of nitriles is 1. The second-order valence-corrected chi connectivity index (χ2v) is 6.80. The molecule has 144 valence electrons. The maximum Gasteiger partial charge on any atom is 0.338 e. The van der Waals surface area contributed by atoms with Crippen molar-refractivity contribution in [2.45, 2.75) is 38.6 Å². The highest BCUT2D eigenvalue weighted by Crippen LogP contribution is 2.25. The van der Waals surface area contributed by atoms with Crippen molar-refractivity contribution in [2.75, 3.05) is 6.61 Å². The molecule has 1 aliphatic rings. The van der Waals surface area contributed by atoms with Crippen molar-refractivity contribution in [1.82, 2.24) is 0 Å². The van der Waals surface area contributed by atoms with Gasteiger partial charge in [0.25, 0.3) is 0 Å². The fourth-order valence-electron chi connectivity index (χ4n) is 2.90. The number of ether oxygens (including phenoxy) is 3. The van der Waals surface area contributed by atoms with Gasteiger partial charge in [0.15, 0.2) is 0 Å². The van der Waals surface area contributed by atoms with Crippen molar-refractivity contribution in [1.29, 1.82) is 5.26 Å². The van der Waals surface area contributed by atoms with Crippen LogP contribution in [0.4, 0.5) is 0 Å². The van der Waals surface area contributed by atoms with Gasteiger partial charge in [0.1, 0.15) is 24.9 Å². The van der Waals surface area contributed by atoms with E-state index in [0.29, 0.717) is 11.1 Å². The maximum atomic E-state index is 12.4. The molecule has 1 aliphatic heterocycles. The molecule has 0 saturated carbocycles. The van der Waals surface area contributed by atoms with Crippen LogP contribution in [0, 0.1) is 25.2 Å². The minimum Gasteiger partial charge on any atom is -0.459 e. The molecule has 0 spiro atoms. The topological polar surface area (TPSA) is 85.6 Å². The molecule has 3 atom stereocenters. The Balaban J connectivity index is 1.62. The van der Waals surface area contributed by atoms with E-state index in [2.05, 4.69) is 0 Å². The largest absolute Gasteiger partial charge is 0.459 e. The molecule has 1 saturated heterocycles. The highest BCUT2D eigenvalue weighted by Gasteiger charge is 2.39. The van der Waals surface area contributed by atoms with Crippen molar-refractivity contribution in [3.8, 4) is 6.07 Å². The van der Waals surface area contributed by atoms with E-state index in [1.54, 1.807) is 24.3 Å². The molecule has 0 radical (unpaired) electrons. The standard InChI is InChI=1S/C22H21NO5/c1-14-3-7-16(8-4-14)21(24)26-13-20-19(11-18(12-23)27-20)28-22(25)17-9-5-15(2)6-10-17/h3-10,18-20H,11,13H2,1-2H3/t18-,19+,20-/m0/s1. The highest BCUT2D eigenvalue weighted by molar-refractivity contribution is 5.90. The average Bonchev–Trinajstić information content (AvgIpc) is 3.09. The second kappa shape index (κ2) is 8.68. The molecule has 3 rings (SSSR count). The van der Waals surface area contributed by atoms with Crippen LogP contribution in [0.25, 0.3) is 0 Å². The molecule has 1 fully saturated rings. The average molecular weight is 379 g/mol. The van der Waals surface area contributed by atoms with Gasteiger partial charge in [-0.1, -0.05) is 35.4 Å². The van der Waals surface area contributed by atoms with Gasteiger partial charge < -0.3 is 14.2 Å². The van der Waals surface area contributed by atoms with Crippen LogP contribution in [0.3, 0.4) is 0 Å². The Morgan fingerprint density at radius 2 is 1.54 bits per heavy atom. The molecule has 2 aromatic carbocycles. The Kier molecular flexibility index (Phi) is 6.07. The first-order valence-electron chi connectivity index (χ1n) is 9.03. The summed E-state index contributed by atoms with van der Waals surface area (Å²) < 4.78 is 16.4. The Labute approximate surface area is 163 Å². The number of benzene rings is 2. The Morgan fingerprint density at radius 1 is 1.00 bits per heavy atom. The summed E-state index contributed by atoms with van der Waals surface area (Å²) in [7, 11) is 0. The lowest BCUT2D eigenvalue weighted by Crippen LogP contribution is -2.32. The Bertz CT molecular complexity index is 883. The molecule has 1 heterocycles. The van der Waals surface area contributed by atoms with Crippen LogP contribution >= 0.6 is 0 Å². The second-order valence-electron chi connectivity index (χ2n) is 6.80. The van der Waals surface area contributed by atoms with Gasteiger partial charge in [-0.3, -0.25) is 0 Å². The zero-order valence-electron chi connectivity index (χ0n) is 15.8. The first-order valence-corrected chi connectivity index (χ1v) is 9.03. The van der Waals surface area contributed by atoms with Gasteiger partial charge in [0, 0.05) is 6.42 Å². The van der Waals surface area contributed by atoms with E-state index in [1.807, 2.05) is 44.2 Å². The summed E-state index contributed by atoms with van der Waals surface area (Å²) in [5.41, 5.74) is 2.91. The number of carbonyl (C=O) groups is 2. The number of aryl methyl sites for hydroxylation is 2. The van der Waals surface area contributed by atoms with Crippen molar-refractivity contribution >= 4 is 11.9 Å². The molecule has 0 bridgehead atoms. The number of rotatable bonds is 5. The molecule has 6 nitrogen and oxygen atoms in total. The third-order valence-electron chi connectivity index (χ3n) is 4.56. The van der Waals surface area contributed by atoms with Gasteiger partial charge in [-0.2, -0.15) is 5.26 Å². The molecule has 0 unspecified atom stereocenters. The lowest BCUT2D eigenvalue weighted by atomic mass is 10.1. The van der Waals surface area contributed by atoms with Gasteiger partial charge in [-0.05, 0) is 38.1 Å². The van der Waals surface area contributed by atoms with Crippen LogP contribution in [0.1, 0.15) is 38.3 Å². The van der Waals surface area contributed by atoms with Gasteiger partial charge in [0.2, 0.25) is 0 Å². The van der Waals surface area contributed by atoms with E-state index >= 15 is 0 Å². The van der Waals surface area contributed by atoms with E-state index in [9.17, 15) is 9.59 Å². The monoisotopic (exact) mass is 379 g/mol. The van der Waals surface area contributed by atoms with Crippen LogP contribution in [-0.2, 0) is 14.2 Å². The van der Waals surface area contributed by atoms with E-state index < -0.39 is 30.3 Å². The minimum atomic E-state index is -0.709. The fourth-order valence-corrected chi connectivity index (χ4v) is 2.90. The molecule has 0 aliphatic carbocycles. The van der Waals surface area contributed by atoms with E-state index in [0.717, 1.165) is 11.1 Å². The third kappa shape index (κ3) is 4.76. The van der Waals surface area contributed by atoms with Gasteiger partial charge in [0.05, 0.1) is 17.2 Å². The smallest absolute Gasteiger partial charge is 0.338 e. The van der Waals surface area contributed by atoms with Crippen molar-refractivity contribution in [2.24, 2.45) is 0 Å². The van der Waals surface area contributed by atoms with Gasteiger partial charge >= 0.3 is 11.9 Å². The van der Waals surface area contributed by atoms with Crippen molar-refractivity contribution < 1.29 is 23.8 Å². The van der Waals surface area contributed by atoms with E-state index in [4.69, 9.17) is 19.5 Å². The third-order valence-corrected chi connectivity index (χ3v) is 4.56. The molecule has 6 heteroatoms. The molecule has 28 heavy (non-hydrogen) atoms. The summed E-state index contributed by atoms with van der Waals surface area (Å²) in [5, 5.41) is 9.14. The van der Waals surface area contributed by atoms with Gasteiger partial charge in [-0.25, -0.2) is 9.59 Å². The quantitative estimate of drug-likeness (QED) is 0.741. The number of hydrogen-bond donors (Lipinski definition) is 0. The lowest BCUT2D eigenvalue weighted by molar-refractivity contribution is -0.0350. The van der Waals surface area contributed by atoms with Crippen LogP contribution in [0.2, 0.25) is 0 Å². The minimum absolute atomic E-state index is 0.100. The SMILES string of the molecule is Cc1ccc(C(=O)OC[C@@H]2O[C@H](C#N)C[C@H]2OC(=O)c2ccc(C)cc2)cc1. The number of hydrogen-bond acceptors (Lipinski definition) is 6. The van der Waals surface area contributed by atoms with Crippen LogP contribution in [0.5, 0.6) is 0 Å². The highest BCUT2D eigenvalue weighted by atomic mass is 16.6. The first kappa shape index (κ1) is 19.6. The number of esters is 2. The van der Waals surface area contributed by atoms with E-state index in [-0.39, 0.29) is 13.0 Å². The zero-order chi connectivity index (χ0) is 20.1. The molecule has 2 aromatic rings.